The van der Waals surface area contributed by atoms with Crippen LogP contribution >= 0.6 is 15.9 Å². The van der Waals surface area contributed by atoms with Gasteiger partial charge < -0.3 is 9.88 Å². The first kappa shape index (κ1) is 14.9. The molecule has 0 aliphatic carbocycles. The van der Waals surface area contributed by atoms with E-state index < -0.39 is 0 Å². The summed E-state index contributed by atoms with van der Waals surface area (Å²) >= 11 is 3.43. The Morgan fingerprint density at radius 3 is 2.70 bits per heavy atom. The van der Waals surface area contributed by atoms with Gasteiger partial charge in [-0.15, -0.1) is 0 Å². The molecule has 0 atom stereocenters. The first-order chi connectivity index (χ1) is 9.51. The molecule has 0 bridgehead atoms. The van der Waals surface area contributed by atoms with Crippen LogP contribution in [0.15, 0.2) is 34.9 Å². The summed E-state index contributed by atoms with van der Waals surface area (Å²) in [5, 5.41) is 2.99. The number of nitrogens with zero attached hydrogens (tertiary/aromatic N) is 1. The van der Waals surface area contributed by atoms with Crippen LogP contribution in [0, 0.1) is 13.8 Å². The van der Waals surface area contributed by atoms with E-state index in [1.165, 1.54) is 5.56 Å². The van der Waals surface area contributed by atoms with Gasteiger partial charge in [-0.1, -0.05) is 24.6 Å². The van der Waals surface area contributed by atoms with Gasteiger partial charge in [0.2, 0.25) is 0 Å². The van der Waals surface area contributed by atoms with Gasteiger partial charge in [0.05, 0.1) is 0 Å². The van der Waals surface area contributed by atoms with Crippen LogP contribution in [0.1, 0.15) is 35.0 Å². The highest BCUT2D eigenvalue weighted by atomic mass is 79.9. The zero-order valence-corrected chi connectivity index (χ0v) is 13.6. The number of benzene rings is 1. The Labute approximate surface area is 128 Å². The van der Waals surface area contributed by atoms with Crippen LogP contribution < -0.4 is 5.32 Å². The molecule has 1 amide bonds. The molecule has 0 unspecified atom stereocenters. The Hall–Kier alpha value is -1.55. The van der Waals surface area contributed by atoms with E-state index in [1.807, 2.05) is 42.8 Å². The van der Waals surface area contributed by atoms with Crippen molar-refractivity contribution in [2.45, 2.75) is 33.7 Å². The van der Waals surface area contributed by atoms with E-state index in [0.29, 0.717) is 5.69 Å². The third-order valence-corrected chi connectivity index (χ3v) is 3.62. The number of aromatic nitrogens is 1. The lowest BCUT2D eigenvalue weighted by Crippen LogP contribution is -2.17. The summed E-state index contributed by atoms with van der Waals surface area (Å²) in [6.07, 6.45) is 2.94. The smallest absolute Gasteiger partial charge is 0.272 e. The Bertz CT molecular complexity index is 631. The van der Waals surface area contributed by atoms with Crippen molar-refractivity contribution in [2.75, 3.05) is 5.32 Å². The van der Waals surface area contributed by atoms with Crippen molar-refractivity contribution in [1.82, 2.24) is 4.57 Å². The molecule has 0 aliphatic rings. The van der Waals surface area contributed by atoms with E-state index in [-0.39, 0.29) is 5.91 Å². The molecule has 106 valence electrons. The van der Waals surface area contributed by atoms with Crippen LogP contribution in [-0.4, -0.2) is 10.5 Å². The molecule has 1 aromatic heterocycles. The highest BCUT2D eigenvalue weighted by Crippen LogP contribution is 2.20. The Kier molecular flexibility index (Phi) is 4.65. The number of carbonyl (C=O) groups excluding carboxylic acids is 1. The fourth-order valence-corrected chi connectivity index (χ4v) is 2.70. The highest BCUT2D eigenvalue weighted by molar-refractivity contribution is 9.10. The third-order valence-electron chi connectivity index (χ3n) is 3.19. The van der Waals surface area contributed by atoms with Gasteiger partial charge in [-0.2, -0.15) is 0 Å². The summed E-state index contributed by atoms with van der Waals surface area (Å²) in [5.41, 5.74) is 3.81. The van der Waals surface area contributed by atoms with Crippen molar-refractivity contribution < 1.29 is 4.79 Å². The summed E-state index contributed by atoms with van der Waals surface area (Å²) in [6.45, 7) is 6.98. The molecule has 1 heterocycles. The lowest BCUT2D eigenvalue weighted by Gasteiger charge is -2.11. The average molecular weight is 335 g/mol. The summed E-state index contributed by atoms with van der Waals surface area (Å²) in [4.78, 5) is 12.4. The van der Waals surface area contributed by atoms with E-state index in [2.05, 4.69) is 34.2 Å². The third kappa shape index (κ3) is 3.31. The molecule has 0 spiro atoms. The van der Waals surface area contributed by atoms with Crippen LogP contribution in [0.3, 0.4) is 0 Å². The van der Waals surface area contributed by atoms with Crippen molar-refractivity contribution in [3.8, 4) is 0 Å². The number of hydrogen-bond acceptors (Lipinski definition) is 1. The van der Waals surface area contributed by atoms with Crippen LogP contribution in [0.25, 0.3) is 0 Å². The zero-order valence-electron chi connectivity index (χ0n) is 12.0. The zero-order chi connectivity index (χ0) is 14.7. The molecule has 2 rings (SSSR count). The second-order valence-electron chi connectivity index (χ2n) is 5.01. The summed E-state index contributed by atoms with van der Waals surface area (Å²) in [6, 6.07) is 7.87. The van der Waals surface area contributed by atoms with E-state index in [1.54, 1.807) is 0 Å². The first-order valence-electron chi connectivity index (χ1n) is 6.75. The molecule has 2 aromatic rings. The van der Waals surface area contributed by atoms with Crippen LogP contribution in [0.5, 0.6) is 0 Å². The largest absolute Gasteiger partial charge is 0.342 e. The Balaban J connectivity index is 2.23. The summed E-state index contributed by atoms with van der Waals surface area (Å²) in [5.74, 6) is -0.0731. The minimum Gasteiger partial charge on any atom is -0.342 e. The maximum absolute atomic E-state index is 12.4. The number of rotatable bonds is 4. The number of nitrogens with one attached hydrogen (secondary N) is 1. The SMILES string of the molecule is CCCn1cc(Br)cc1C(=O)Nc1ccc(C)cc1C. The fraction of sp³-hybridized carbons (Fsp3) is 0.312. The maximum atomic E-state index is 12.4. The van der Waals surface area contributed by atoms with Gasteiger partial charge in [0, 0.05) is 22.9 Å². The Morgan fingerprint density at radius 1 is 1.30 bits per heavy atom. The molecular formula is C16H19BrN2O. The van der Waals surface area contributed by atoms with Gasteiger partial charge in [0.15, 0.2) is 0 Å². The minimum atomic E-state index is -0.0731. The van der Waals surface area contributed by atoms with Crippen LogP contribution in [-0.2, 0) is 6.54 Å². The molecule has 20 heavy (non-hydrogen) atoms. The predicted octanol–water partition coefficient (Wildman–Crippen LogP) is 4.53. The molecule has 0 fully saturated rings. The molecule has 0 radical (unpaired) electrons. The molecule has 4 heteroatoms. The normalized spacial score (nSPS) is 10.6. The average Bonchev–Trinajstić information content (AvgIpc) is 2.74. The van der Waals surface area contributed by atoms with Gasteiger partial charge >= 0.3 is 0 Å². The second kappa shape index (κ2) is 6.27. The van der Waals surface area contributed by atoms with Crippen molar-refractivity contribution in [1.29, 1.82) is 0 Å². The summed E-state index contributed by atoms with van der Waals surface area (Å²) < 4.78 is 2.90. The van der Waals surface area contributed by atoms with Crippen molar-refractivity contribution in [3.05, 3.63) is 51.8 Å². The van der Waals surface area contributed by atoms with Crippen molar-refractivity contribution >= 4 is 27.5 Å². The quantitative estimate of drug-likeness (QED) is 0.875. The van der Waals surface area contributed by atoms with Gasteiger partial charge in [-0.05, 0) is 53.9 Å². The first-order valence-corrected chi connectivity index (χ1v) is 7.55. The van der Waals surface area contributed by atoms with E-state index in [0.717, 1.165) is 28.7 Å². The number of amides is 1. The van der Waals surface area contributed by atoms with E-state index >= 15 is 0 Å². The second-order valence-corrected chi connectivity index (χ2v) is 5.93. The van der Waals surface area contributed by atoms with Gasteiger partial charge in [0.25, 0.3) is 5.91 Å². The van der Waals surface area contributed by atoms with Crippen molar-refractivity contribution in [3.63, 3.8) is 0 Å². The topological polar surface area (TPSA) is 34.0 Å². The van der Waals surface area contributed by atoms with Gasteiger partial charge in [-0.25, -0.2) is 0 Å². The highest BCUT2D eigenvalue weighted by Gasteiger charge is 2.13. The standard InChI is InChI=1S/C16H19BrN2O/c1-4-7-19-10-13(17)9-15(19)16(20)18-14-6-5-11(2)8-12(14)3/h5-6,8-10H,4,7H2,1-3H3,(H,18,20). The maximum Gasteiger partial charge on any atom is 0.272 e. The number of halogens is 1. The van der Waals surface area contributed by atoms with Crippen LogP contribution in [0.2, 0.25) is 0 Å². The lowest BCUT2D eigenvalue weighted by molar-refractivity contribution is 0.101. The van der Waals surface area contributed by atoms with E-state index in [4.69, 9.17) is 0 Å². The van der Waals surface area contributed by atoms with Crippen molar-refractivity contribution in [2.24, 2.45) is 0 Å². The van der Waals surface area contributed by atoms with Crippen LogP contribution in [0.4, 0.5) is 5.69 Å². The Morgan fingerprint density at radius 2 is 2.05 bits per heavy atom. The van der Waals surface area contributed by atoms with Gasteiger partial charge in [0.1, 0.15) is 5.69 Å². The number of carbonyl (C=O) groups is 1. The summed E-state index contributed by atoms with van der Waals surface area (Å²) in [7, 11) is 0. The van der Waals surface area contributed by atoms with Gasteiger partial charge in [-0.3, -0.25) is 4.79 Å². The molecule has 1 N–H and O–H groups in total. The number of aryl methyl sites for hydroxylation is 3. The molecule has 1 aromatic carbocycles. The number of anilines is 1. The van der Waals surface area contributed by atoms with E-state index in [9.17, 15) is 4.79 Å². The molecule has 0 saturated carbocycles. The molecule has 0 aliphatic heterocycles. The molecule has 0 saturated heterocycles. The fourth-order valence-electron chi connectivity index (χ4n) is 2.23. The number of hydrogen-bond donors (Lipinski definition) is 1. The minimum absolute atomic E-state index is 0.0731. The molecule has 3 nitrogen and oxygen atoms in total. The lowest BCUT2D eigenvalue weighted by atomic mass is 10.1. The monoisotopic (exact) mass is 334 g/mol. The predicted molar refractivity (Wildman–Crippen MR) is 86.3 cm³/mol. The molecular weight excluding hydrogens is 316 g/mol.